The molecule has 2 aromatic rings. The summed E-state index contributed by atoms with van der Waals surface area (Å²) in [4.78, 5) is 29.1. The van der Waals surface area contributed by atoms with Gasteiger partial charge in [0.2, 0.25) is 0 Å². The van der Waals surface area contributed by atoms with E-state index >= 15 is 0 Å². The maximum absolute atomic E-state index is 12.6. The van der Waals surface area contributed by atoms with Crippen LogP contribution < -0.4 is 10.2 Å². The molecule has 0 atom stereocenters. The Morgan fingerprint density at radius 1 is 1.11 bits per heavy atom. The van der Waals surface area contributed by atoms with Crippen LogP contribution >= 0.6 is 0 Å². The first-order chi connectivity index (χ1) is 17.7. The lowest BCUT2D eigenvalue weighted by molar-refractivity contribution is 0.0490. The van der Waals surface area contributed by atoms with Gasteiger partial charge in [-0.25, -0.2) is 9.59 Å². The summed E-state index contributed by atoms with van der Waals surface area (Å²) in [5.41, 5.74) is 11.4. The van der Waals surface area contributed by atoms with Gasteiger partial charge in [-0.15, -0.1) is 0 Å². The first-order valence-electron chi connectivity index (χ1n) is 12.9. The van der Waals surface area contributed by atoms with Crippen LogP contribution in [0.15, 0.2) is 53.6 Å². The van der Waals surface area contributed by atoms with E-state index in [9.17, 15) is 14.7 Å². The van der Waals surface area contributed by atoms with Crippen LogP contribution in [0.2, 0.25) is 0 Å². The van der Waals surface area contributed by atoms with Crippen molar-refractivity contribution in [2.45, 2.75) is 83.4 Å². The Morgan fingerprint density at radius 2 is 1.81 bits per heavy atom. The van der Waals surface area contributed by atoms with Crippen molar-refractivity contribution in [2.24, 2.45) is 5.11 Å². The summed E-state index contributed by atoms with van der Waals surface area (Å²) in [5.74, 6) is 0. The molecule has 0 aliphatic heterocycles. The molecule has 0 saturated heterocycles. The van der Waals surface area contributed by atoms with Crippen LogP contribution in [0.5, 0.6) is 0 Å². The number of hydrogen-bond donors (Lipinski definition) is 2. The average molecular weight is 508 g/mol. The molecule has 0 bridgehead atoms. The van der Waals surface area contributed by atoms with Crippen molar-refractivity contribution < 1.29 is 19.4 Å². The van der Waals surface area contributed by atoms with Gasteiger partial charge in [0.15, 0.2) is 0 Å². The summed E-state index contributed by atoms with van der Waals surface area (Å²) in [5, 5.41) is 16.9. The fourth-order valence-electron chi connectivity index (χ4n) is 4.76. The van der Waals surface area contributed by atoms with Crippen molar-refractivity contribution in [1.82, 2.24) is 5.32 Å². The number of anilines is 1. The molecule has 37 heavy (non-hydrogen) atoms. The number of carboxylic acid groups (broad SMARTS) is 1. The molecule has 0 aromatic heterocycles. The largest absolute Gasteiger partial charge is 0.465 e. The highest BCUT2D eigenvalue weighted by atomic mass is 16.6. The molecule has 1 fully saturated rings. The summed E-state index contributed by atoms with van der Waals surface area (Å²) in [6.07, 6.45) is 3.58. The molecule has 3 rings (SSSR count). The zero-order valence-electron chi connectivity index (χ0n) is 21.9. The molecular weight excluding hydrogens is 470 g/mol. The van der Waals surface area contributed by atoms with Gasteiger partial charge in [0, 0.05) is 29.1 Å². The lowest BCUT2D eigenvalue weighted by Gasteiger charge is -2.36. The second-order valence-electron chi connectivity index (χ2n) is 10.4. The van der Waals surface area contributed by atoms with Gasteiger partial charge < -0.3 is 15.2 Å². The maximum Gasteiger partial charge on any atom is 0.412 e. The number of benzene rings is 2. The summed E-state index contributed by atoms with van der Waals surface area (Å²) in [6.45, 7) is 5.93. The molecule has 1 aliphatic carbocycles. The van der Waals surface area contributed by atoms with E-state index < -0.39 is 17.8 Å². The molecule has 1 saturated carbocycles. The molecule has 1 aliphatic rings. The maximum atomic E-state index is 12.6. The molecule has 2 amide bonds. The van der Waals surface area contributed by atoms with E-state index in [1.807, 2.05) is 69.3 Å². The van der Waals surface area contributed by atoms with Gasteiger partial charge in [-0.2, -0.15) is 0 Å². The third-order valence-corrected chi connectivity index (χ3v) is 6.43. The number of unbranched alkanes of at least 4 members (excludes halogenated alkanes) is 1. The average Bonchev–Trinajstić information content (AvgIpc) is 2.84. The number of azide groups is 1. The molecule has 198 valence electrons. The minimum absolute atomic E-state index is 0.0438. The highest BCUT2D eigenvalue weighted by Gasteiger charge is 2.32. The third kappa shape index (κ3) is 8.43. The molecule has 2 aromatic carbocycles. The van der Waals surface area contributed by atoms with E-state index in [0.29, 0.717) is 37.9 Å². The van der Waals surface area contributed by atoms with E-state index in [2.05, 4.69) is 15.3 Å². The van der Waals surface area contributed by atoms with E-state index in [-0.39, 0.29) is 12.1 Å². The van der Waals surface area contributed by atoms with Gasteiger partial charge in [-0.1, -0.05) is 47.6 Å². The number of nitrogens with zero attached hydrogens (tertiary/aromatic N) is 4. The predicted octanol–water partition coefficient (Wildman–Crippen LogP) is 7.31. The molecule has 9 nitrogen and oxygen atoms in total. The molecule has 2 N–H and O–H groups in total. The van der Waals surface area contributed by atoms with Crippen molar-refractivity contribution in [1.29, 1.82) is 0 Å². The van der Waals surface area contributed by atoms with Gasteiger partial charge in [0.25, 0.3) is 0 Å². The first-order valence-corrected chi connectivity index (χ1v) is 12.9. The topological polar surface area (TPSA) is 128 Å². The van der Waals surface area contributed by atoms with Crippen molar-refractivity contribution in [3.05, 3.63) is 64.5 Å². The molecule has 9 heteroatoms. The number of nitrogens with one attached hydrogen (secondary N) is 1. The summed E-state index contributed by atoms with van der Waals surface area (Å²) in [6, 6.07) is 15.6. The zero-order chi connectivity index (χ0) is 26.8. The number of carbonyl (C=O) groups excluding carboxylic acids is 1. The molecule has 0 heterocycles. The number of amides is 2. The monoisotopic (exact) mass is 507 g/mol. The van der Waals surface area contributed by atoms with Crippen molar-refractivity contribution in [3.8, 4) is 11.1 Å². The molecule has 0 spiro atoms. The molecular formula is C28H37N5O4. The second-order valence-corrected chi connectivity index (χ2v) is 10.4. The standard InChI is InChI=1S/C28H37N5O4/c1-28(2,3)37-26(34)31-22-13-15-23(16-14-22)33(27(35)36)25-19-20(9-7-8-18-30-32-29)12-17-24(25)21-10-5-4-6-11-21/h4-6,10-12,17,19,22-23H,7-9,13-16,18H2,1-3H3,(H,31,34)(H,35,36). The Morgan fingerprint density at radius 3 is 2.43 bits per heavy atom. The number of aryl methyl sites for hydroxylation is 1. The second kappa shape index (κ2) is 13.0. The predicted molar refractivity (Wildman–Crippen MR) is 145 cm³/mol. The van der Waals surface area contributed by atoms with E-state index in [1.165, 1.54) is 4.90 Å². The Hall–Kier alpha value is -3.71. The Bertz CT molecular complexity index is 1100. The fourth-order valence-corrected chi connectivity index (χ4v) is 4.76. The number of ether oxygens (including phenoxy) is 1. The van der Waals surface area contributed by atoms with Crippen molar-refractivity contribution >= 4 is 17.9 Å². The fraction of sp³-hybridized carbons (Fsp3) is 0.500. The van der Waals surface area contributed by atoms with Crippen LogP contribution in [0.25, 0.3) is 21.6 Å². The van der Waals surface area contributed by atoms with Gasteiger partial charge in [0.05, 0.1) is 5.69 Å². The Balaban J connectivity index is 1.80. The van der Waals surface area contributed by atoms with Crippen molar-refractivity contribution in [3.63, 3.8) is 0 Å². The van der Waals surface area contributed by atoms with Crippen LogP contribution in [0, 0.1) is 0 Å². The van der Waals surface area contributed by atoms with Gasteiger partial charge in [0.1, 0.15) is 5.60 Å². The lowest BCUT2D eigenvalue weighted by Crippen LogP contribution is -2.47. The van der Waals surface area contributed by atoms with Gasteiger partial charge in [-0.3, -0.25) is 4.90 Å². The summed E-state index contributed by atoms with van der Waals surface area (Å²) in [7, 11) is 0. The van der Waals surface area contributed by atoms with Crippen LogP contribution in [-0.4, -0.2) is 41.5 Å². The zero-order valence-corrected chi connectivity index (χ0v) is 21.9. The SMILES string of the molecule is CC(C)(C)OC(=O)NC1CCC(N(C(=O)O)c2cc(CCCCN=[N+]=[N-])ccc2-c2ccccc2)CC1. The number of hydrogen-bond acceptors (Lipinski definition) is 4. The highest BCUT2D eigenvalue weighted by molar-refractivity contribution is 5.93. The van der Waals surface area contributed by atoms with Gasteiger partial charge >= 0.3 is 12.2 Å². The third-order valence-electron chi connectivity index (χ3n) is 6.43. The quantitative estimate of drug-likeness (QED) is 0.160. The van der Waals surface area contributed by atoms with Crippen molar-refractivity contribution in [2.75, 3.05) is 11.4 Å². The lowest BCUT2D eigenvalue weighted by atomic mass is 9.89. The van der Waals surface area contributed by atoms with Crippen LogP contribution in [0.3, 0.4) is 0 Å². The summed E-state index contributed by atoms with van der Waals surface area (Å²) < 4.78 is 5.38. The van der Waals surface area contributed by atoms with E-state index in [0.717, 1.165) is 36.0 Å². The Kier molecular flexibility index (Phi) is 9.80. The van der Waals surface area contributed by atoms with Crippen LogP contribution in [0.4, 0.5) is 15.3 Å². The Labute approximate surface area is 218 Å². The molecule has 0 radical (unpaired) electrons. The highest BCUT2D eigenvalue weighted by Crippen LogP contribution is 2.36. The van der Waals surface area contributed by atoms with Crippen LogP contribution in [-0.2, 0) is 11.2 Å². The number of alkyl carbamates (subject to hydrolysis) is 1. The van der Waals surface area contributed by atoms with E-state index in [4.69, 9.17) is 10.3 Å². The van der Waals surface area contributed by atoms with Crippen LogP contribution in [0.1, 0.15) is 64.9 Å². The minimum atomic E-state index is -0.985. The number of rotatable bonds is 9. The summed E-state index contributed by atoms with van der Waals surface area (Å²) >= 11 is 0. The number of carbonyl (C=O) groups is 2. The minimum Gasteiger partial charge on any atom is -0.465 e. The first kappa shape index (κ1) is 27.9. The van der Waals surface area contributed by atoms with E-state index in [1.54, 1.807) is 0 Å². The smallest absolute Gasteiger partial charge is 0.412 e. The normalized spacial score (nSPS) is 17.4. The molecule has 0 unspecified atom stereocenters. The van der Waals surface area contributed by atoms with Gasteiger partial charge in [-0.05, 0) is 88.4 Å².